The zero-order valence-electron chi connectivity index (χ0n) is 30.3. The maximum atomic E-state index is 6.28. The fourth-order valence-corrected chi connectivity index (χ4v) is 6.93. The van der Waals surface area contributed by atoms with E-state index in [1.54, 1.807) is 0 Å². The van der Waals surface area contributed by atoms with Crippen LogP contribution in [-0.4, -0.2) is 0 Å². The smallest absolute Gasteiger partial charge is 0.131 e. The molecule has 4 heteroatoms. The van der Waals surface area contributed by atoms with Gasteiger partial charge in [0.1, 0.15) is 46.0 Å². The first-order valence-corrected chi connectivity index (χ1v) is 18.2. The lowest BCUT2D eigenvalue weighted by atomic mass is 9.61. The van der Waals surface area contributed by atoms with Crippen molar-refractivity contribution < 1.29 is 18.9 Å². The van der Waals surface area contributed by atoms with E-state index in [0.717, 1.165) is 65.3 Å². The summed E-state index contributed by atoms with van der Waals surface area (Å²) in [6, 6.07) is 55.6. The second kappa shape index (κ2) is 14.8. The summed E-state index contributed by atoms with van der Waals surface area (Å²) in [5, 5.41) is 0. The summed E-state index contributed by atoms with van der Waals surface area (Å²) >= 11 is 0. The van der Waals surface area contributed by atoms with Gasteiger partial charge < -0.3 is 18.9 Å². The molecule has 0 radical (unpaired) electrons. The Balaban J connectivity index is 0.819. The quantitative estimate of drug-likeness (QED) is 0.128. The van der Waals surface area contributed by atoms with Crippen LogP contribution >= 0.6 is 0 Å². The van der Waals surface area contributed by atoms with Gasteiger partial charge in [0.25, 0.3) is 0 Å². The zero-order chi connectivity index (χ0) is 36.2. The number of ether oxygens (including phenoxy) is 4. The highest BCUT2D eigenvalue weighted by Gasteiger charge is 2.40. The molecule has 262 valence electrons. The molecule has 1 atom stereocenters. The van der Waals surface area contributed by atoms with Gasteiger partial charge in [-0.1, -0.05) is 90.8 Å². The van der Waals surface area contributed by atoms with Crippen LogP contribution in [0.4, 0.5) is 0 Å². The molecule has 7 aromatic rings. The van der Waals surface area contributed by atoms with Gasteiger partial charge in [0.2, 0.25) is 0 Å². The molecule has 0 bridgehead atoms. The second-order valence-electron chi connectivity index (χ2n) is 14.1. The Labute approximate surface area is 312 Å². The third kappa shape index (κ3) is 7.98. The van der Waals surface area contributed by atoms with E-state index >= 15 is 0 Å². The molecule has 0 saturated heterocycles. The van der Waals surface area contributed by atoms with E-state index in [4.69, 9.17) is 18.9 Å². The minimum Gasteiger partial charge on any atom is -0.457 e. The van der Waals surface area contributed by atoms with Gasteiger partial charge >= 0.3 is 0 Å². The normalized spacial score (nSPS) is 14.5. The average Bonchev–Trinajstić information content (AvgIpc) is 3.17. The van der Waals surface area contributed by atoms with Gasteiger partial charge in [-0.15, -0.1) is 0 Å². The molecule has 7 aromatic carbocycles. The molecule has 0 aromatic heterocycles. The molecule has 0 aliphatic heterocycles. The highest BCUT2D eigenvalue weighted by Crippen LogP contribution is 2.47. The van der Waals surface area contributed by atoms with Crippen molar-refractivity contribution in [2.75, 3.05) is 0 Å². The summed E-state index contributed by atoms with van der Waals surface area (Å²) in [6.07, 6.45) is 2.85. The van der Waals surface area contributed by atoms with Crippen LogP contribution in [0.25, 0.3) is 0 Å². The zero-order valence-corrected chi connectivity index (χ0v) is 30.3. The first-order valence-electron chi connectivity index (χ1n) is 18.2. The third-order valence-corrected chi connectivity index (χ3v) is 10.0. The van der Waals surface area contributed by atoms with Gasteiger partial charge in [-0.05, 0) is 146 Å². The maximum Gasteiger partial charge on any atom is 0.131 e. The number of hydrogen-bond donors (Lipinski definition) is 0. The van der Waals surface area contributed by atoms with E-state index in [1.807, 2.05) is 72.8 Å². The van der Waals surface area contributed by atoms with Crippen molar-refractivity contribution in [1.29, 1.82) is 0 Å². The molecule has 4 nitrogen and oxygen atoms in total. The van der Waals surface area contributed by atoms with Crippen LogP contribution in [0.2, 0.25) is 0 Å². The fraction of sp³-hybridized carbons (Fsp3) is 0.143. The lowest BCUT2D eigenvalue weighted by Crippen LogP contribution is -2.36. The lowest BCUT2D eigenvalue weighted by Gasteiger charge is -2.42. The Morgan fingerprint density at radius 3 is 1.25 bits per heavy atom. The summed E-state index contributed by atoms with van der Waals surface area (Å²) in [5.41, 5.74) is 8.90. The molecular weight excluding hydrogens is 653 g/mol. The van der Waals surface area contributed by atoms with Gasteiger partial charge in [-0.25, -0.2) is 0 Å². The molecule has 1 aliphatic carbocycles. The van der Waals surface area contributed by atoms with Crippen molar-refractivity contribution in [3.8, 4) is 46.0 Å². The van der Waals surface area contributed by atoms with Crippen LogP contribution in [0.3, 0.4) is 0 Å². The Hall–Kier alpha value is -6.26. The minimum absolute atomic E-state index is 0.0192. The summed E-state index contributed by atoms with van der Waals surface area (Å²) in [6.45, 7) is 6.46. The summed E-state index contributed by atoms with van der Waals surface area (Å²) in [4.78, 5) is 0. The van der Waals surface area contributed by atoms with Gasteiger partial charge in [-0.2, -0.15) is 0 Å². The topological polar surface area (TPSA) is 36.9 Å². The van der Waals surface area contributed by atoms with Crippen LogP contribution in [0.15, 0.2) is 164 Å². The number of aryl methyl sites for hydroxylation is 4. The van der Waals surface area contributed by atoms with Crippen LogP contribution in [0.1, 0.15) is 45.9 Å². The minimum atomic E-state index is -0.0192. The number of rotatable bonds is 12. The molecular formula is C49H42O4. The van der Waals surface area contributed by atoms with E-state index in [2.05, 4.69) is 112 Å². The predicted molar refractivity (Wildman–Crippen MR) is 212 cm³/mol. The van der Waals surface area contributed by atoms with E-state index in [0.29, 0.717) is 0 Å². The van der Waals surface area contributed by atoms with Crippen molar-refractivity contribution >= 4 is 0 Å². The van der Waals surface area contributed by atoms with Gasteiger partial charge in [0, 0.05) is 11.5 Å². The van der Waals surface area contributed by atoms with Gasteiger partial charge in [0.05, 0.1) is 0 Å². The highest BCUT2D eigenvalue weighted by molar-refractivity contribution is 5.56. The molecule has 0 N–H and O–H groups in total. The molecule has 1 aliphatic rings. The van der Waals surface area contributed by atoms with E-state index < -0.39 is 0 Å². The number of fused-ring (bicyclic) bond motifs is 1. The van der Waals surface area contributed by atoms with Crippen molar-refractivity contribution in [2.45, 2.75) is 45.4 Å². The lowest BCUT2D eigenvalue weighted by molar-refractivity contribution is 0.460. The van der Waals surface area contributed by atoms with E-state index in [1.165, 1.54) is 38.9 Å². The molecule has 53 heavy (non-hydrogen) atoms. The van der Waals surface area contributed by atoms with E-state index in [9.17, 15) is 0 Å². The van der Waals surface area contributed by atoms with E-state index in [-0.39, 0.29) is 5.41 Å². The Morgan fingerprint density at radius 2 is 0.792 bits per heavy atom. The monoisotopic (exact) mass is 694 g/mol. The van der Waals surface area contributed by atoms with Crippen LogP contribution in [0.5, 0.6) is 46.0 Å². The average molecular weight is 695 g/mol. The SMILES string of the molecule is Cc1ccc(Oc2ccc(C3(C)Cc4cc(Oc5ccc(CCc6ccc(Oc7cccc(Oc8ccc(C)cc8)c7)cc6)cc5)ccc43)cc2)cc1. The fourth-order valence-electron chi connectivity index (χ4n) is 6.93. The van der Waals surface area contributed by atoms with Gasteiger partial charge in [-0.3, -0.25) is 0 Å². The first-order chi connectivity index (χ1) is 25.8. The standard InChI is InChI=1S/C49H42O4/c1-34-7-19-40(20-8-34)50-44-27-17-39(18-28-44)49(3)33-38-31-47(29-30-48(38)49)53-43-25-15-37(16-26-43)12-11-36-13-23-42(24-14-36)52-46-6-4-5-45(32-46)51-41-21-9-35(2)10-22-41/h4-10,13-32H,11-12,33H2,1-3H3. The second-order valence-corrected chi connectivity index (χ2v) is 14.1. The largest absolute Gasteiger partial charge is 0.457 e. The Bertz CT molecular complexity index is 2310. The molecule has 0 fully saturated rings. The number of benzene rings is 7. The number of hydrogen-bond acceptors (Lipinski definition) is 4. The van der Waals surface area contributed by atoms with Crippen molar-refractivity contribution in [3.05, 3.63) is 203 Å². The Morgan fingerprint density at radius 1 is 0.415 bits per heavy atom. The van der Waals surface area contributed by atoms with Crippen LogP contribution in [0, 0.1) is 13.8 Å². The third-order valence-electron chi connectivity index (χ3n) is 10.0. The molecule has 1 unspecified atom stereocenters. The first kappa shape index (κ1) is 33.9. The summed E-state index contributed by atoms with van der Waals surface area (Å²) in [5.74, 6) is 6.48. The van der Waals surface area contributed by atoms with Crippen molar-refractivity contribution in [1.82, 2.24) is 0 Å². The molecule has 0 spiro atoms. The highest BCUT2D eigenvalue weighted by atomic mass is 16.5. The molecule has 0 heterocycles. The van der Waals surface area contributed by atoms with Crippen molar-refractivity contribution in [2.24, 2.45) is 0 Å². The summed E-state index contributed by atoms with van der Waals surface area (Å²) in [7, 11) is 0. The van der Waals surface area contributed by atoms with Crippen LogP contribution < -0.4 is 18.9 Å². The molecule has 0 saturated carbocycles. The predicted octanol–water partition coefficient (Wildman–Crippen LogP) is 13.1. The summed E-state index contributed by atoms with van der Waals surface area (Å²) < 4.78 is 24.5. The maximum absolute atomic E-state index is 6.28. The molecule has 8 rings (SSSR count). The van der Waals surface area contributed by atoms with Gasteiger partial charge in [0.15, 0.2) is 0 Å². The Kier molecular flexibility index (Phi) is 9.43. The van der Waals surface area contributed by atoms with Crippen LogP contribution in [-0.2, 0) is 24.7 Å². The molecule has 0 amide bonds. The van der Waals surface area contributed by atoms with Crippen molar-refractivity contribution in [3.63, 3.8) is 0 Å².